The average Bonchev–Trinajstić information content (AvgIpc) is 3.07. The van der Waals surface area contributed by atoms with E-state index in [-0.39, 0.29) is 15.0 Å². The first-order valence-electron chi connectivity index (χ1n) is 6.75. The summed E-state index contributed by atoms with van der Waals surface area (Å²) in [5, 5.41) is 20.2. The summed E-state index contributed by atoms with van der Waals surface area (Å²) in [6, 6.07) is 0. The van der Waals surface area contributed by atoms with Crippen LogP contribution in [0.1, 0.15) is 6.23 Å². The summed E-state index contributed by atoms with van der Waals surface area (Å²) in [5.74, 6) is 1.98. The molecule has 0 aliphatic carbocycles. The SMILES string of the molecule is C[Se]c1ncnc2c1ncn2[C@@H]1O[C@H](COP(=O)(O)O)[C@@H](O)[C@H]1O. The Kier molecular flexibility index (Phi) is 5.03. The van der Waals surface area contributed by atoms with Crippen molar-refractivity contribution in [2.75, 3.05) is 6.61 Å². The number of imidazole rings is 1. The fourth-order valence-corrected chi connectivity index (χ4v) is 3.80. The van der Waals surface area contributed by atoms with Gasteiger partial charge in [0, 0.05) is 0 Å². The third-order valence-electron chi connectivity index (χ3n) is 3.54. The number of ether oxygens (including phenoxy) is 1. The van der Waals surface area contributed by atoms with Crippen molar-refractivity contribution in [3.63, 3.8) is 0 Å². The number of rotatable bonds is 5. The summed E-state index contributed by atoms with van der Waals surface area (Å²) in [6.07, 6.45) is -2.03. The number of phosphoric ester groups is 1. The Bertz CT molecular complexity index is 783. The molecule has 132 valence electrons. The number of hydrogen-bond donors (Lipinski definition) is 4. The summed E-state index contributed by atoms with van der Waals surface area (Å²) < 4.78 is 22.9. The minimum atomic E-state index is -4.70. The molecule has 0 bridgehead atoms. The molecule has 4 atom stereocenters. The van der Waals surface area contributed by atoms with Crippen molar-refractivity contribution < 1.29 is 33.8 Å². The summed E-state index contributed by atoms with van der Waals surface area (Å²) >= 11 is 0.0921. The Morgan fingerprint density at radius 3 is 2.75 bits per heavy atom. The summed E-state index contributed by atoms with van der Waals surface area (Å²) in [4.78, 5) is 30.0. The molecule has 1 fully saturated rings. The number of nitrogens with zero attached hydrogens (tertiary/aromatic N) is 4. The van der Waals surface area contributed by atoms with E-state index in [9.17, 15) is 14.8 Å². The average molecular weight is 425 g/mol. The van der Waals surface area contributed by atoms with E-state index >= 15 is 0 Å². The Morgan fingerprint density at radius 1 is 1.33 bits per heavy atom. The molecular weight excluding hydrogens is 410 g/mol. The predicted octanol–water partition coefficient (Wildman–Crippen LogP) is -2.07. The van der Waals surface area contributed by atoms with Gasteiger partial charge in [-0.3, -0.25) is 0 Å². The second-order valence-corrected chi connectivity index (χ2v) is 7.95. The third-order valence-corrected chi connectivity index (χ3v) is 5.46. The predicted molar refractivity (Wildman–Crippen MR) is 80.5 cm³/mol. The van der Waals surface area contributed by atoms with Crippen molar-refractivity contribution in [2.45, 2.75) is 30.4 Å². The molecule has 0 saturated carbocycles. The van der Waals surface area contributed by atoms with E-state index in [1.165, 1.54) is 17.2 Å². The monoisotopic (exact) mass is 426 g/mol. The zero-order chi connectivity index (χ0) is 17.5. The zero-order valence-corrected chi connectivity index (χ0v) is 14.9. The van der Waals surface area contributed by atoms with E-state index in [1.807, 2.05) is 5.82 Å². The van der Waals surface area contributed by atoms with E-state index in [2.05, 4.69) is 19.5 Å². The second-order valence-electron chi connectivity index (χ2n) is 5.04. The molecule has 2 aromatic heterocycles. The van der Waals surface area contributed by atoms with Gasteiger partial charge in [-0.2, -0.15) is 0 Å². The van der Waals surface area contributed by atoms with E-state index in [1.54, 1.807) is 0 Å². The minimum absolute atomic E-state index is 0.0921. The number of phosphoric acid groups is 1. The van der Waals surface area contributed by atoms with Gasteiger partial charge in [-0.15, -0.1) is 0 Å². The van der Waals surface area contributed by atoms with Gasteiger partial charge in [0.2, 0.25) is 0 Å². The van der Waals surface area contributed by atoms with Gasteiger partial charge in [0.05, 0.1) is 0 Å². The van der Waals surface area contributed by atoms with E-state index < -0.39 is 39.0 Å². The van der Waals surface area contributed by atoms with Crippen LogP contribution in [-0.4, -0.2) is 79.4 Å². The van der Waals surface area contributed by atoms with Crippen LogP contribution in [0.2, 0.25) is 5.82 Å². The molecule has 0 aromatic carbocycles. The fraction of sp³-hybridized carbons (Fsp3) is 0.545. The summed E-state index contributed by atoms with van der Waals surface area (Å²) in [5.41, 5.74) is 1.02. The second kappa shape index (κ2) is 6.75. The van der Waals surface area contributed by atoms with Gasteiger partial charge >= 0.3 is 142 Å². The molecule has 2 aromatic rings. The molecule has 1 saturated heterocycles. The molecular formula is C11H15N4O7PSe. The van der Waals surface area contributed by atoms with Gasteiger partial charge in [0.1, 0.15) is 0 Å². The van der Waals surface area contributed by atoms with Crippen molar-refractivity contribution in [3.05, 3.63) is 12.7 Å². The van der Waals surface area contributed by atoms with Crippen molar-refractivity contribution in [3.8, 4) is 0 Å². The number of aliphatic hydroxyl groups excluding tert-OH is 2. The molecule has 1 aliphatic rings. The molecule has 0 unspecified atom stereocenters. The molecule has 0 radical (unpaired) electrons. The molecule has 24 heavy (non-hydrogen) atoms. The Balaban J connectivity index is 1.86. The number of hydrogen-bond acceptors (Lipinski definition) is 8. The van der Waals surface area contributed by atoms with Crippen LogP contribution in [-0.2, 0) is 13.8 Å². The van der Waals surface area contributed by atoms with Crippen LogP contribution >= 0.6 is 7.82 Å². The maximum atomic E-state index is 10.8. The van der Waals surface area contributed by atoms with Crippen LogP contribution in [0.4, 0.5) is 0 Å². The van der Waals surface area contributed by atoms with Gasteiger partial charge in [-0.1, -0.05) is 0 Å². The third kappa shape index (κ3) is 3.38. The normalized spacial score (nSPS) is 27.9. The summed E-state index contributed by atoms with van der Waals surface area (Å²) in [7, 11) is -4.70. The Labute approximate surface area is 142 Å². The van der Waals surface area contributed by atoms with Crippen LogP contribution in [0.15, 0.2) is 12.7 Å². The first kappa shape index (κ1) is 17.9. The van der Waals surface area contributed by atoms with Crippen LogP contribution in [0.5, 0.6) is 0 Å². The van der Waals surface area contributed by atoms with Gasteiger partial charge in [0.25, 0.3) is 0 Å². The number of aliphatic hydroxyl groups is 2. The van der Waals surface area contributed by atoms with Crippen LogP contribution in [0.3, 0.4) is 0 Å². The first-order chi connectivity index (χ1) is 11.3. The molecule has 11 nitrogen and oxygen atoms in total. The van der Waals surface area contributed by atoms with Gasteiger partial charge in [-0.25, -0.2) is 0 Å². The van der Waals surface area contributed by atoms with Gasteiger partial charge < -0.3 is 0 Å². The Hall–Kier alpha value is -0.941. The molecule has 13 heteroatoms. The van der Waals surface area contributed by atoms with Crippen molar-refractivity contribution >= 4 is 38.5 Å². The molecule has 3 heterocycles. The first-order valence-corrected chi connectivity index (χ1v) is 10.8. The van der Waals surface area contributed by atoms with Crippen LogP contribution in [0, 0.1) is 0 Å². The number of fused-ring (bicyclic) bond motifs is 1. The van der Waals surface area contributed by atoms with E-state index in [0.29, 0.717) is 11.2 Å². The van der Waals surface area contributed by atoms with Gasteiger partial charge in [0.15, 0.2) is 0 Å². The quantitative estimate of drug-likeness (QED) is 0.310. The van der Waals surface area contributed by atoms with Crippen molar-refractivity contribution in [1.29, 1.82) is 0 Å². The standard InChI is InChI=1S/C11H15N4O7PSe/c1-24-10-6-9(12-3-13-10)15(4-14-6)11-8(17)7(16)5(22-11)2-21-23(18,19)20/h3-5,7-8,11,16-17H,2H2,1H3,(H2,18,19,20)/t5-,7-,8-,11-/m1/s1. The van der Waals surface area contributed by atoms with Crippen LogP contribution in [0.25, 0.3) is 11.2 Å². The maximum absolute atomic E-state index is 10.8. The Morgan fingerprint density at radius 2 is 2.08 bits per heavy atom. The van der Waals surface area contributed by atoms with E-state index in [4.69, 9.17) is 14.5 Å². The van der Waals surface area contributed by atoms with E-state index in [0.717, 1.165) is 4.59 Å². The molecule has 0 spiro atoms. The molecule has 3 rings (SSSR count). The molecule has 0 amide bonds. The zero-order valence-electron chi connectivity index (χ0n) is 12.3. The number of aromatic nitrogens is 4. The molecule has 4 N–H and O–H groups in total. The molecule has 1 aliphatic heterocycles. The fourth-order valence-electron chi connectivity index (χ4n) is 2.43. The van der Waals surface area contributed by atoms with Crippen molar-refractivity contribution in [2.24, 2.45) is 0 Å². The van der Waals surface area contributed by atoms with Gasteiger partial charge in [-0.05, 0) is 0 Å². The summed E-state index contributed by atoms with van der Waals surface area (Å²) in [6.45, 7) is -0.566. The van der Waals surface area contributed by atoms with Crippen molar-refractivity contribution in [1.82, 2.24) is 19.5 Å². The topological polar surface area (TPSA) is 160 Å². The van der Waals surface area contributed by atoms with Crippen LogP contribution < -0.4 is 4.59 Å².